The van der Waals surface area contributed by atoms with Crippen LogP contribution in [0.2, 0.25) is 0 Å². The Kier molecular flexibility index (Phi) is 8.69. The predicted octanol–water partition coefficient (Wildman–Crippen LogP) is 1.28. The van der Waals surface area contributed by atoms with Gasteiger partial charge in [-0.25, -0.2) is 0 Å². The summed E-state index contributed by atoms with van der Waals surface area (Å²) in [5, 5.41) is 5.83. The fraction of sp³-hybridized carbons (Fsp3) is 0.545. The largest absolute Gasteiger partial charge is 0.459 e. The molecule has 9 nitrogen and oxygen atoms in total. The minimum atomic E-state index is -0.211. The number of carbonyl (C=O) groups is 2. The van der Waals surface area contributed by atoms with Crippen LogP contribution in [0, 0.1) is 13.8 Å². The first kappa shape index (κ1) is 23.1. The number of rotatable bonds is 11. The summed E-state index contributed by atoms with van der Waals surface area (Å²) >= 11 is 0. The van der Waals surface area contributed by atoms with E-state index in [4.69, 9.17) is 13.6 Å². The molecule has 3 heterocycles. The molecule has 0 aliphatic carbocycles. The molecule has 2 aromatic rings. The van der Waals surface area contributed by atoms with Crippen LogP contribution in [0.3, 0.4) is 0 Å². The zero-order valence-corrected chi connectivity index (χ0v) is 18.3. The fourth-order valence-corrected chi connectivity index (χ4v) is 3.47. The van der Waals surface area contributed by atoms with Gasteiger partial charge in [0.2, 0.25) is 0 Å². The monoisotopic (exact) mass is 432 g/mol. The molecule has 3 rings (SSSR count). The Morgan fingerprint density at radius 1 is 0.903 bits per heavy atom. The van der Waals surface area contributed by atoms with Gasteiger partial charge in [0.05, 0.1) is 25.7 Å². The predicted molar refractivity (Wildman–Crippen MR) is 115 cm³/mol. The molecule has 0 atom stereocenters. The number of amides is 2. The van der Waals surface area contributed by atoms with Crippen LogP contribution in [-0.2, 0) is 4.74 Å². The number of hydrogen-bond acceptors (Lipinski definition) is 7. The molecule has 9 heteroatoms. The highest BCUT2D eigenvalue weighted by Gasteiger charge is 2.16. The van der Waals surface area contributed by atoms with Crippen molar-refractivity contribution in [3.8, 4) is 0 Å². The van der Waals surface area contributed by atoms with Gasteiger partial charge in [0, 0.05) is 63.5 Å². The van der Waals surface area contributed by atoms with Gasteiger partial charge in [-0.2, -0.15) is 0 Å². The standard InChI is InChI=1S/C22H32N4O5/c1-17-3-13-30-19(17)21(27)23-5-7-25(9-10-26-11-15-29-16-12-26)8-6-24-22(28)20-18(2)4-14-31-20/h3-4,13-14H,5-12,15-16H2,1-2H3,(H,23,27)(H,24,28). The second-order valence-corrected chi connectivity index (χ2v) is 7.67. The van der Waals surface area contributed by atoms with Gasteiger partial charge in [0.25, 0.3) is 11.8 Å². The van der Waals surface area contributed by atoms with Crippen LogP contribution in [0.5, 0.6) is 0 Å². The number of morpholine rings is 1. The van der Waals surface area contributed by atoms with Crippen molar-refractivity contribution in [3.05, 3.63) is 47.3 Å². The van der Waals surface area contributed by atoms with Crippen LogP contribution < -0.4 is 10.6 Å². The van der Waals surface area contributed by atoms with Gasteiger partial charge in [-0.15, -0.1) is 0 Å². The van der Waals surface area contributed by atoms with E-state index >= 15 is 0 Å². The molecule has 31 heavy (non-hydrogen) atoms. The lowest BCUT2D eigenvalue weighted by Gasteiger charge is -2.30. The Morgan fingerprint density at radius 2 is 1.42 bits per heavy atom. The molecule has 2 amide bonds. The summed E-state index contributed by atoms with van der Waals surface area (Å²) in [7, 11) is 0. The lowest BCUT2D eigenvalue weighted by atomic mass is 10.2. The van der Waals surface area contributed by atoms with Crippen molar-refractivity contribution in [2.45, 2.75) is 13.8 Å². The van der Waals surface area contributed by atoms with Crippen molar-refractivity contribution < 1.29 is 23.2 Å². The van der Waals surface area contributed by atoms with E-state index in [0.29, 0.717) is 37.7 Å². The molecular weight excluding hydrogens is 400 g/mol. The Hall–Kier alpha value is -2.62. The van der Waals surface area contributed by atoms with Gasteiger partial charge < -0.3 is 24.2 Å². The van der Waals surface area contributed by atoms with Gasteiger partial charge in [-0.1, -0.05) is 0 Å². The van der Waals surface area contributed by atoms with E-state index in [0.717, 1.165) is 50.5 Å². The van der Waals surface area contributed by atoms with Gasteiger partial charge >= 0.3 is 0 Å². The molecule has 0 unspecified atom stereocenters. The third kappa shape index (κ3) is 6.95. The van der Waals surface area contributed by atoms with E-state index in [1.54, 1.807) is 12.1 Å². The highest BCUT2D eigenvalue weighted by atomic mass is 16.5. The summed E-state index contributed by atoms with van der Waals surface area (Å²) in [6, 6.07) is 3.54. The molecule has 0 bridgehead atoms. The molecule has 1 aliphatic rings. The Balaban J connectivity index is 1.46. The first-order valence-electron chi connectivity index (χ1n) is 10.7. The smallest absolute Gasteiger partial charge is 0.287 e. The summed E-state index contributed by atoms with van der Waals surface area (Å²) < 4.78 is 15.9. The number of furan rings is 2. The van der Waals surface area contributed by atoms with Gasteiger partial charge in [-0.3, -0.25) is 19.4 Å². The summed E-state index contributed by atoms with van der Waals surface area (Å²) in [4.78, 5) is 29.1. The number of hydrogen-bond donors (Lipinski definition) is 2. The lowest BCUT2D eigenvalue weighted by Crippen LogP contribution is -2.45. The SMILES string of the molecule is Cc1ccoc1C(=O)NCCN(CCNC(=O)c1occc1C)CCN1CCOCC1. The van der Waals surface area contributed by atoms with Crippen LogP contribution in [0.25, 0.3) is 0 Å². The molecule has 1 aliphatic heterocycles. The zero-order chi connectivity index (χ0) is 22.1. The fourth-order valence-electron chi connectivity index (χ4n) is 3.47. The van der Waals surface area contributed by atoms with Gasteiger partial charge in [0.1, 0.15) is 0 Å². The number of nitrogens with zero attached hydrogens (tertiary/aromatic N) is 2. The summed E-state index contributed by atoms with van der Waals surface area (Å²) in [6.07, 6.45) is 3.03. The minimum Gasteiger partial charge on any atom is -0.459 e. The quantitative estimate of drug-likeness (QED) is 0.552. The van der Waals surface area contributed by atoms with Gasteiger partial charge in [-0.05, 0) is 26.0 Å². The highest BCUT2D eigenvalue weighted by Crippen LogP contribution is 2.09. The molecule has 0 saturated carbocycles. The van der Waals surface area contributed by atoms with Gasteiger partial charge in [0.15, 0.2) is 11.5 Å². The molecular formula is C22H32N4O5. The van der Waals surface area contributed by atoms with E-state index in [9.17, 15) is 9.59 Å². The normalized spacial score (nSPS) is 14.7. The lowest BCUT2D eigenvalue weighted by molar-refractivity contribution is 0.0334. The van der Waals surface area contributed by atoms with E-state index in [1.807, 2.05) is 13.8 Å². The average Bonchev–Trinajstić information content (AvgIpc) is 3.40. The van der Waals surface area contributed by atoms with Crippen LogP contribution in [-0.4, -0.2) is 87.2 Å². The Labute approximate surface area is 182 Å². The molecule has 1 fully saturated rings. The van der Waals surface area contributed by atoms with E-state index < -0.39 is 0 Å². The van der Waals surface area contributed by atoms with Crippen LogP contribution in [0.4, 0.5) is 0 Å². The van der Waals surface area contributed by atoms with Crippen molar-refractivity contribution in [2.75, 3.05) is 65.6 Å². The van der Waals surface area contributed by atoms with E-state index in [-0.39, 0.29) is 11.8 Å². The maximum Gasteiger partial charge on any atom is 0.287 e. The molecule has 170 valence electrons. The number of carbonyl (C=O) groups excluding carboxylic acids is 2. The van der Waals surface area contributed by atoms with E-state index in [2.05, 4.69) is 20.4 Å². The highest BCUT2D eigenvalue weighted by molar-refractivity contribution is 5.93. The zero-order valence-electron chi connectivity index (χ0n) is 18.3. The second kappa shape index (κ2) is 11.7. The van der Waals surface area contributed by atoms with Crippen molar-refractivity contribution in [1.82, 2.24) is 20.4 Å². The molecule has 1 saturated heterocycles. The maximum atomic E-state index is 12.3. The molecule has 0 radical (unpaired) electrons. The number of nitrogens with one attached hydrogen (secondary N) is 2. The first-order valence-corrected chi connectivity index (χ1v) is 10.7. The second-order valence-electron chi connectivity index (χ2n) is 7.67. The van der Waals surface area contributed by atoms with Crippen molar-refractivity contribution in [2.24, 2.45) is 0 Å². The first-order chi connectivity index (χ1) is 15.0. The molecule has 0 aromatic carbocycles. The summed E-state index contributed by atoms with van der Waals surface area (Å²) in [5.41, 5.74) is 1.63. The third-order valence-corrected chi connectivity index (χ3v) is 5.40. The summed E-state index contributed by atoms with van der Waals surface area (Å²) in [6.45, 7) is 11.2. The van der Waals surface area contributed by atoms with Crippen molar-refractivity contribution >= 4 is 11.8 Å². The molecule has 2 N–H and O–H groups in total. The Morgan fingerprint density at radius 3 is 1.87 bits per heavy atom. The van der Waals surface area contributed by atoms with E-state index in [1.165, 1.54) is 12.5 Å². The van der Waals surface area contributed by atoms with Crippen molar-refractivity contribution in [3.63, 3.8) is 0 Å². The summed E-state index contributed by atoms with van der Waals surface area (Å²) in [5.74, 6) is 0.274. The molecule has 2 aromatic heterocycles. The number of ether oxygens (including phenoxy) is 1. The molecule has 0 spiro atoms. The maximum absolute atomic E-state index is 12.3. The average molecular weight is 433 g/mol. The van der Waals surface area contributed by atoms with Crippen LogP contribution >= 0.6 is 0 Å². The topological polar surface area (TPSA) is 100 Å². The third-order valence-electron chi connectivity index (χ3n) is 5.40. The van der Waals surface area contributed by atoms with Crippen LogP contribution in [0.15, 0.2) is 33.5 Å². The van der Waals surface area contributed by atoms with Crippen LogP contribution in [0.1, 0.15) is 32.2 Å². The number of aryl methyl sites for hydroxylation is 2. The van der Waals surface area contributed by atoms with Crippen molar-refractivity contribution in [1.29, 1.82) is 0 Å². The Bertz CT molecular complexity index is 782. The minimum absolute atomic E-state index is 0.211.